The molecular weight excluding hydrogens is 196 g/mol. The summed E-state index contributed by atoms with van der Waals surface area (Å²) < 4.78 is 0. The van der Waals surface area contributed by atoms with Crippen LogP contribution in [-0.2, 0) is 0 Å². The highest BCUT2D eigenvalue weighted by Crippen LogP contribution is 2.42. The van der Waals surface area contributed by atoms with Gasteiger partial charge in [-0.25, -0.2) is 0 Å². The molecule has 3 rings (SSSR count). The van der Waals surface area contributed by atoms with E-state index in [0.717, 1.165) is 17.8 Å². The van der Waals surface area contributed by atoms with Crippen LogP contribution >= 0.6 is 0 Å². The van der Waals surface area contributed by atoms with Gasteiger partial charge in [0, 0.05) is 12.3 Å². The minimum absolute atomic E-state index is 0.950. The first-order chi connectivity index (χ1) is 7.81. The monoisotopic (exact) mass is 222 g/mol. The fourth-order valence-corrected chi connectivity index (χ4v) is 3.98. The topological polar surface area (TPSA) is 8.88 Å². The van der Waals surface area contributed by atoms with Crippen molar-refractivity contribution in [1.82, 2.24) is 0 Å². The lowest BCUT2D eigenvalue weighted by molar-refractivity contribution is -0.932. The van der Waals surface area contributed by atoms with Gasteiger partial charge in [-0.15, -0.1) is 0 Å². The standard InChI is InChI=1S/C14H24N2/c1-15-5-2-6-16(8-7-15)11-14-10-12-3-4-13(14)9-12/h3-4,12-14H,2,5-11H2,1H3/p+2/t12-,13+,14+/m1/s1. The molecule has 0 amide bonds. The van der Waals surface area contributed by atoms with Crippen LogP contribution in [-0.4, -0.2) is 39.8 Å². The van der Waals surface area contributed by atoms with Crippen LogP contribution in [0.5, 0.6) is 0 Å². The van der Waals surface area contributed by atoms with E-state index >= 15 is 0 Å². The maximum absolute atomic E-state index is 2.51. The van der Waals surface area contributed by atoms with Gasteiger partial charge in [-0.1, -0.05) is 12.2 Å². The molecule has 1 saturated carbocycles. The van der Waals surface area contributed by atoms with Gasteiger partial charge in [0.1, 0.15) is 13.1 Å². The summed E-state index contributed by atoms with van der Waals surface area (Å²) in [7, 11) is 2.35. The summed E-state index contributed by atoms with van der Waals surface area (Å²) in [5.74, 6) is 2.92. The van der Waals surface area contributed by atoms with Gasteiger partial charge in [-0.2, -0.15) is 0 Å². The van der Waals surface area contributed by atoms with E-state index in [1.54, 1.807) is 4.90 Å². The quantitative estimate of drug-likeness (QED) is 0.555. The molecule has 90 valence electrons. The van der Waals surface area contributed by atoms with Gasteiger partial charge in [0.2, 0.25) is 0 Å². The van der Waals surface area contributed by atoms with Crippen molar-refractivity contribution in [2.75, 3.05) is 39.8 Å². The second-order valence-electron chi connectivity index (χ2n) is 6.31. The van der Waals surface area contributed by atoms with E-state index in [9.17, 15) is 0 Å². The zero-order chi connectivity index (χ0) is 11.0. The Morgan fingerprint density at radius 1 is 1.06 bits per heavy atom. The molecule has 1 heterocycles. The molecule has 2 nitrogen and oxygen atoms in total. The van der Waals surface area contributed by atoms with Crippen LogP contribution in [0.1, 0.15) is 19.3 Å². The van der Waals surface area contributed by atoms with E-state index in [2.05, 4.69) is 19.2 Å². The summed E-state index contributed by atoms with van der Waals surface area (Å²) in [6.45, 7) is 7.06. The third kappa shape index (κ3) is 2.18. The molecule has 3 aliphatic rings. The van der Waals surface area contributed by atoms with Crippen LogP contribution in [0.3, 0.4) is 0 Å². The number of allylic oxidation sites excluding steroid dienone is 2. The van der Waals surface area contributed by atoms with Crippen molar-refractivity contribution in [1.29, 1.82) is 0 Å². The smallest absolute Gasteiger partial charge is 0.127 e. The molecule has 2 fully saturated rings. The Hall–Kier alpha value is -0.340. The first kappa shape index (κ1) is 10.8. The number of likely N-dealkylation sites (N-methyl/N-ethyl adjacent to an activating group) is 1. The first-order valence-corrected chi connectivity index (χ1v) is 7.14. The fraction of sp³-hybridized carbons (Fsp3) is 0.857. The van der Waals surface area contributed by atoms with E-state index in [4.69, 9.17) is 0 Å². The third-order valence-electron chi connectivity index (χ3n) is 5.01. The lowest BCUT2D eigenvalue weighted by Crippen LogP contribution is -3.17. The van der Waals surface area contributed by atoms with E-state index in [-0.39, 0.29) is 0 Å². The predicted octanol–water partition coefficient (Wildman–Crippen LogP) is -0.998. The van der Waals surface area contributed by atoms with Gasteiger partial charge < -0.3 is 9.80 Å². The molecule has 2 heteroatoms. The Balaban J connectivity index is 1.53. The molecule has 0 radical (unpaired) electrons. The molecule has 1 saturated heterocycles. The number of fused-ring (bicyclic) bond motifs is 2. The Kier molecular flexibility index (Phi) is 3.03. The zero-order valence-corrected chi connectivity index (χ0v) is 10.5. The molecule has 0 aromatic rings. The van der Waals surface area contributed by atoms with Crippen molar-refractivity contribution >= 4 is 0 Å². The average Bonchev–Trinajstić information content (AvgIpc) is 2.81. The second-order valence-corrected chi connectivity index (χ2v) is 6.31. The molecule has 0 aromatic heterocycles. The van der Waals surface area contributed by atoms with Crippen LogP contribution in [0, 0.1) is 17.8 Å². The summed E-state index contributed by atoms with van der Waals surface area (Å²) in [5.41, 5.74) is 0. The summed E-state index contributed by atoms with van der Waals surface area (Å²) in [4.78, 5) is 3.63. The van der Waals surface area contributed by atoms with Crippen molar-refractivity contribution in [2.45, 2.75) is 19.3 Å². The van der Waals surface area contributed by atoms with Crippen LogP contribution in [0.4, 0.5) is 0 Å². The number of quaternary nitrogens is 2. The maximum Gasteiger partial charge on any atom is 0.127 e. The SMILES string of the molecule is C[NH+]1CCC[NH+](C[C@@H]2C[C@@H]3C=C[C@H]2C3)CC1. The number of hydrogen-bond acceptors (Lipinski definition) is 0. The van der Waals surface area contributed by atoms with Gasteiger partial charge in [0.05, 0.1) is 26.7 Å². The molecule has 16 heavy (non-hydrogen) atoms. The fourth-order valence-electron chi connectivity index (χ4n) is 3.98. The van der Waals surface area contributed by atoms with Crippen LogP contribution < -0.4 is 9.80 Å². The lowest BCUT2D eigenvalue weighted by atomic mass is 9.93. The molecule has 1 aliphatic heterocycles. The van der Waals surface area contributed by atoms with Gasteiger partial charge in [-0.3, -0.25) is 0 Å². The van der Waals surface area contributed by atoms with E-state index in [1.807, 2.05) is 4.90 Å². The molecule has 0 aromatic carbocycles. The minimum atomic E-state index is 0.950. The summed E-state index contributed by atoms with van der Waals surface area (Å²) in [6.07, 6.45) is 9.37. The zero-order valence-electron chi connectivity index (χ0n) is 10.5. The molecule has 2 N–H and O–H groups in total. The molecule has 2 unspecified atom stereocenters. The van der Waals surface area contributed by atoms with Crippen molar-refractivity contribution in [3.63, 3.8) is 0 Å². The van der Waals surface area contributed by atoms with Crippen molar-refractivity contribution in [2.24, 2.45) is 17.8 Å². The van der Waals surface area contributed by atoms with Crippen molar-refractivity contribution in [3.8, 4) is 0 Å². The summed E-state index contributed by atoms with van der Waals surface area (Å²) in [5, 5.41) is 0. The summed E-state index contributed by atoms with van der Waals surface area (Å²) in [6, 6.07) is 0. The average molecular weight is 222 g/mol. The number of nitrogens with one attached hydrogen (secondary N) is 2. The molecule has 0 spiro atoms. The van der Waals surface area contributed by atoms with Gasteiger partial charge in [0.25, 0.3) is 0 Å². The molecular formula is C14H26N2+2. The van der Waals surface area contributed by atoms with E-state index < -0.39 is 0 Å². The highest BCUT2D eigenvalue weighted by molar-refractivity contribution is 5.09. The van der Waals surface area contributed by atoms with E-state index in [1.165, 1.54) is 52.0 Å². The van der Waals surface area contributed by atoms with Gasteiger partial charge in [-0.05, 0) is 24.7 Å². The Labute approximate surface area is 99.3 Å². The maximum atomic E-state index is 2.51. The first-order valence-electron chi connectivity index (χ1n) is 7.14. The van der Waals surface area contributed by atoms with Crippen LogP contribution in [0.2, 0.25) is 0 Å². The van der Waals surface area contributed by atoms with Crippen molar-refractivity contribution in [3.05, 3.63) is 12.2 Å². The Bertz CT molecular complexity index is 274. The lowest BCUT2D eigenvalue weighted by Gasteiger charge is -2.24. The van der Waals surface area contributed by atoms with Crippen LogP contribution in [0.15, 0.2) is 12.2 Å². The largest absolute Gasteiger partial charge is 0.333 e. The van der Waals surface area contributed by atoms with Gasteiger partial charge >= 0.3 is 0 Å². The summed E-state index contributed by atoms with van der Waals surface area (Å²) >= 11 is 0. The highest BCUT2D eigenvalue weighted by Gasteiger charge is 2.38. The van der Waals surface area contributed by atoms with Crippen LogP contribution in [0.25, 0.3) is 0 Å². The predicted molar refractivity (Wildman–Crippen MR) is 65.6 cm³/mol. The Morgan fingerprint density at radius 3 is 2.75 bits per heavy atom. The van der Waals surface area contributed by atoms with E-state index in [0.29, 0.717) is 0 Å². The van der Waals surface area contributed by atoms with Crippen molar-refractivity contribution < 1.29 is 9.80 Å². The molecule has 2 aliphatic carbocycles. The Morgan fingerprint density at radius 2 is 2.00 bits per heavy atom. The molecule has 2 bridgehead atoms. The number of hydrogen-bond donors (Lipinski definition) is 2. The number of rotatable bonds is 2. The minimum Gasteiger partial charge on any atom is -0.333 e. The normalized spacial score (nSPS) is 47.2. The highest BCUT2D eigenvalue weighted by atomic mass is 15.2. The second kappa shape index (κ2) is 4.50. The van der Waals surface area contributed by atoms with Gasteiger partial charge in [0.15, 0.2) is 0 Å². The third-order valence-corrected chi connectivity index (χ3v) is 5.01. The molecule has 5 atom stereocenters.